The number of carbonyl (C=O) groups is 1. The highest BCUT2D eigenvalue weighted by Gasteiger charge is 2.38. The van der Waals surface area contributed by atoms with Gasteiger partial charge in [0.05, 0.1) is 6.04 Å². The molecule has 0 aliphatic carbocycles. The quantitative estimate of drug-likeness (QED) is 0.689. The van der Waals surface area contributed by atoms with Crippen molar-refractivity contribution in [2.24, 2.45) is 11.8 Å². The fourth-order valence-electron chi connectivity index (χ4n) is 2.59. The van der Waals surface area contributed by atoms with Crippen LogP contribution in [0.4, 0.5) is 0 Å². The van der Waals surface area contributed by atoms with Gasteiger partial charge in [0.25, 0.3) is 0 Å². The first-order valence-corrected chi connectivity index (χ1v) is 5.88. The van der Waals surface area contributed by atoms with Crippen LogP contribution in [-0.2, 0) is 4.79 Å². The highest BCUT2D eigenvalue weighted by Crippen LogP contribution is 2.31. The maximum atomic E-state index is 11.9. The molecule has 0 bridgehead atoms. The van der Waals surface area contributed by atoms with Gasteiger partial charge >= 0.3 is 0 Å². The minimum Gasteiger partial charge on any atom is -0.298 e. The van der Waals surface area contributed by atoms with E-state index in [9.17, 15) is 4.79 Å². The lowest BCUT2D eigenvalue weighted by Gasteiger charge is -2.27. The zero-order chi connectivity index (χ0) is 10.7. The summed E-state index contributed by atoms with van der Waals surface area (Å²) < 4.78 is 0. The number of Topliss-reactive ketones (excluding diaryl/α,β-unsaturated/α-hetero) is 1. The molecule has 0 radical (unpaired) electrons. The number of hydrogen-bond acceptors (Lipinski definition) is 2. The molecule has 0 amide bonds. The van der Waals surface area contributed by atoms with Crippen LogP contribution in [0.1, 0.15) is 40.5 Å². The van der Waals surface area contributed by atoms with Crippen molar-refractivity contribution in [3.63, 3.8) is 0 Å². The fraction of sp³-hybridized carbons (Fsp3) is 0.917. The van der Waals surface area contributed by atoms with E-state index in [0.717, 1.165) is 13.1 Å². The molecule has 2 nitrogen and oxygen atoms in total. The Hall–Kier alpha value is -0.370. The number of likely N-dealkylation sites (tertiary alicyclic amines) is 1. The van der Waals surface area contributed by atoms with E-state index < -0.39 is 0 Å². The summed E-state index contributed by atoms with van der Waals surface area (Å²) in [6, 6.07) is 0.213. The van der Waals surface area contributed by atoms with Gasteiger partial charge in [-0.05, 0) is 31.3 Å². The van der Waals surface area contributed by atoms with E-state index in [-0.39, 0.29) is 6.04 Å². The third-order valence-electron chi connectivity index (χ3n) is 3.49. The van der Waals surface area contributed by atoms with E-state index in [4.69, 9.17) is 0 Å². The highest BCUT2D eigenvalue weighted by molar-refractivity contribution is 5.84. The van der Waals surface area contributed by atoms with Crippen LogP contribution >= 0.6 is 0 Å². The Morgan fingerprint density at radius 1 is 1.43 bits per heavy atom. The molecule has 0 aromatic heterocycles. The van der Waals surface area contributed by atoms with Gasteiger partial charge in [-0.3, -0.25) is 9.69 Å². The van der Waals surface area contributed by atoms with Crippen LogP contribution in [0.15, 0.2) is 0 Å². The largest absolute Gasteiger partial charge is 0.298 e. The maximum Gasteiger partial charge on any atom is 0.149 e. The van der Waals surface area contributed by atoms with Crippen LogP contribution in [0.25, 0.3) is 0 Å². The summed E-state index contributed by atoms with van der Waals surface area (Å²) in [4.78, 5) is 14.2. The standard InChI is InChI=1S/C12H23NO/c1-5-11(14)12-10(9(3)4)7-8-13(12)6-2/h9-10,12H,5-8H2,1-4H3. The second-order valence-corrected chi connectivity index (χ2v) is 4.59. The van der Waals surface area contributed by atoms with Crippen molar-refractivity contribution in [3.05, 3.63) is 0 Å². The third-order valence-corrected chi connectivity index (χ3v) is 3.49. The molecule has 0 aromatic rings. The number of nitrogens with zero attached hydrogens (tertiary/aromatic N) is 1. The third kappa shape index (κ3) is 2.17. The first kappa shape index (κ1) is 11.7. The van der Waals surface area contributed by atoms with Gasteiger partial charge in [0.15, 0.2) is 0 Å². The molecular formula is C12H23NO. The van der Waals surface area contributed by atoms with Crippen molar-refractivity contribution in [1.82, 2.24) is 4.90 Å². The molecule has 1 heterocycles. The number of ketones is 1. The van der Waals surface area contributed by atoms with E-state index >= 15 is 0 Å². The molecule has 1 aliphatic rings. The van der Waals surface area contributed by atoms with Crippen molar-refractivity contribution >= 4 is 5.78 Å². The van der Waals surface area contributed by atoms with Crippen LogP contribution in [0.2, 0.25) is 0 Å². The Morgan fingerprint density at radius 3 is 2.50 bits per heavy atom. The predicted molar refractivity (Wildman–Crippen MR) is 59.3 cm³/mol. The molecule has 14 heavy (non-hydrogen) atoms. The van der Waals surface area contributed by atoms with E-state index in [1.54, 1.807) is 0 Å². The lowest BCUT2D eigenvalue weighted by molar-refractivity contribution is -0.124. The van der Waals surface area contributed by atoms with Crippen molar-refractivity contribution in [2.45, 2.75) is 46.6 Å². The first-order chi connectivity index (χ1) is 6.61. The van der Waals surface area contributed by atoms with Gasteiger partial charge in [0.1, 0.15) is 5.78 Å². The molecule has 2 atom stereocenters. The monoisotopic (exact) mass is 197 g/mol. The highest BCUT2D eigenvalue weighted by atomic mass is 16.1. The summed E-state index contributed by atoms with van der Waals surface area (Å²) in [5.74, 6) is 1.65. The molecule has 2 heteroatoms. The average molecular weight is 197 g/mol. The van der Waals surface area contributed by atoms with Crippen molar-refractivity contribution < 1.29 is 4.79 Å². The lowest BCUT2D eigenvalue weighted by Crippen LogP contribution is -2.40. The molecule has 1 saturated heterocycles. The van der Waals surface area contributed by atoms with Gasteiger partial charge < -0.3 is 0 Å². The maximum absolute atomic E-state index is 11.9. The second kappa shape index (κ2) is 4.92. The fourth-order valence-corrected chi connectivity index (χ4v) is 2.59. The van der Waals surface area contributed by atoms with Crippen LogP contribution < -0.4 is 0 Å². The van der Waals surface area contributed by atoms with Gasteiger partial charge in [0, 0.05) is 6.42 Å². The molecular weight excluding hydrogens is 174 g/mol. The van der Waals surface area contributed by atoms with Crippen LogP contribution in [0, 0.1) is 11.8 Å². The number of carbonyl (C=O) groups excluding carboxylic acids is 1. The lowest BCUT2D eigenvalue weighted by atomic mass is 9.86. The SMILES string of the molecule is CCC(=O)C1C(C(C)C)CCN1CC. The Balaban J connectivity index is 2.75. The van der Waals surface area contributed by atoms with E-state index in [1.165, 1.54) is 6.42 Å². The smallest absolute Gasteiger partial charge is 0.149 e. The minimum atomic E-state index is 0.213. The van der Waals surface area contributed by atoms with E-state index in [2.05, 4.69) is 25.7 Å². The zero-order valence-electron chi connectivity index (χ0n) is 9.92. The Kier molecular flexibility index (Phi) is 4.11. The normalized spacial score (nSPS) is 28.6. The van der Waals surface area contributed by atoms with Gasteiger partial charge in [-0.2, -0.15) is 0 Å². The zero-order valence-corrected chi connectivity index (χ0v) is 9.92. The topological polar surface area (TPSA) is 20.3 Å². The minimum absolute atomic E-state index is 0.213. The molecule has 0 saturated carbocycles. The van der Waals surface area contributed by atoms with Crippen molar-refractivity contribution in [2.75, 3.05) is 13.1 Å². The van der Waals surface area contributed by atoms with E-state index in [0.29, 0.717) is 24.0 Å². The van der Waals surface area contributed by atoms with Crippen molar-refractivity contribution in [3.8, 4) is 0 Å². The summed E-state index contributed by atoms with van der Waals surface area (Å²) >= 11 is 0. The van der Waals surface area contributed by atoms with Crippen molar-refractivity contribution in [1.29, 1.82) is 0 Å². The average Bonchev–Trinajstić information content (AvgIpc) is 2.59. The van der Waals surface area contributed by atoms with Crippen LogP contribution in [-0.4, -0.2) is 29.8 Å². The Morgan fingerprint density at radius 2 is 2.07 bits per heavy atom. The van der Waals surface area contributed by atoms with Crippen LogP contribution in [0.5, 0.6) is 0 Å². The van der Waals surface area contributed by atoms with Crippen LogP contribution in [0.3, 0.4) is 0 Å². The summed E-state index contributed by atoms with van der Waals surface area (Å²) in [5, 5.41) is 0. The number of hydrogen-bond donors (Lipinski definition) is 0. The summed E-state index contributed by atoms with van der Waals surface area (Å²) in [6.07, 6.45) is 1.88. The Labute approximate surface area is 87.7 Å². The summed E-state index contributed by atoms with van der Waals surface area (Å²) in [5.41, 5.74) is 0. The summed E-state index contributed by atoms with van der Waals surface area (Å²) in [6.45, 7) is 10.7. The molecule has 0 aromatic carbocycles. The molecule has 2 unspecified atom stereocenters. The van der Waals surface area contributed by atoms with Gasteiger partial charge in [-0.1, -0.05) is 27.7 Å². The first-order valence-electron chi connectivity index (χ1n) is 5.88. The molecule has 1 rings (SSSR count). The number of likely N-dealkylation sites (N-methyl/N-ethyl adjacent to an activating group) is 1. The molecule has 82 valence electrons. The van der Waals surface area contributed by atoms with Gasteiger partial charge in [-0.25, -0.2) is 0 Å². The summed E-state index contributed by atoms with van der Waals surface area (Å²) in [7, 11) is 0. The predicted octanol–water partition coefficient (Wildman–Crippen LogP) is 2.33. The molecule has 0 N–H and O–H groups in total. The molecule has 0 spiro atoms. The second-order valence-electron chi connectivity index (χ2n) is 4.59. The number of rotatable bonds is 4. The van der Waals surface area contributed by atoms with E-state index in [1.807, 2.05) is 6.92 Å². The molecule has 1 aliphatic heterocycles. The van der Waals surface area contributed by atoms with Gasteiger partial charge in [0.2, 0.25) is 0 Å². The van der Waals surface area contributed by atoms with Gasteiger partial charge in [-0.15, -0.1) is 0 Å². The molecule has 1 fully saturated rings. The Bertz CT molecular complexity index is 200.